The van der Waals surface area contributed by atoms with Crippen molar-refractivity contribution in [1.29, 1.82) is 0 Å². The van der Waals surface area contributed by atoms with E-state index in [1.165, 1.54) is 6.26 Å². The van der Waals surface area contributed by atoms with Crippen LogP contribution in [0.5, 0.6) is 0 Å². The van der Waals surface area contributed by atoms with Crippen LogP contribution in [0.3, 0.4) is 0 Å². The largest absolute Gasteiger partial charge is 0.345 e. The Morgan fingerprint density at radius 3 is 2.33 bits per heavy atom. The third-order valence-electron chi connectivity index (χ3n) is 4.26. The van der Waals surface area contributed by atoms with Gasteiger partial charge < -0.3 is 5.32 Å². The van der Waals surface area contributed by atoms with E-state index < -0.39 is 9.84 Å². The molecule has 1 aliphatic rings. The second-order valence-electron chi connectivity index (χ2n) is 6.47. The lowest BCUT2D eigenvalue weighted by Crippen LogP contribution is -2.30. The first-order chi connectivity index (χ1) is 11.3. The molecule has 0 bridgehead atoms. The van der Waals surface area contributed by atoms with Gasteiger partial charge in [-0.2, -0.15) is 0 Å². The van der Waals surface area contributed by atoms with Gasteiger partial charge in [-0.05, 0) is 43.0 Å². The Labute approximate surface area is 142 Å². The summed E-state index contributed by atoms with van der Waals surface area (Å²) in [6.45, 7) is 2.01. The van der Waals surface area contributed by atoms with Gasteiger partial charge in [0.15, 0.2) is 9.84 Å². The third kappa shape index (κ3) is 3.85. The molecule has 126 valence electrons. The zero-order chi connectivity index (χ0) is 17.3. The minimum atomic E-state index is -3.29. The van der Waals surface area contributed by atoms with E-state index in [9.17, 15) is 13.2 Å². The van der Waals surface area contributed by atoms with Crippen LogP contribution in [0, 0.1) is 12.8 Å². The van der Waals surface area contributed by atoms with E-state index in [1.54, 1.807) is 18.2 Å². The first-order valence-corrected chi connectivity index (χ1v) is 9.91. The zero-order valence-corrected chi connectivity index (χ0v) is 14.6. The molecule has 1 aliphatic carbocycles. The van der Waals surface area contributed by atoms with Gasteiger partial charge in [0.05, 0.1) is 10.9 Å². The molecule has 1 fully saturated rings. The maximum absolute atomic E-state index is 12.3. The molecule has 0 unspecified atom stereocenters. The number of aryl methyl sites for hydroxylation is 1. The molecule has 1 amide bonds. The topological polar surface area (TPSA) is 63.2 Å². The quantitative estimate of drug-likeness (QED) is 0.908. The molecule has 0 radical (unpaired) electrons. The zero-order valence-electron chi connectivity index (χ0n) is 13.8. The van der Waals surface area contributed by atoms with Gasteiger partial charge in [-0.1, -0.05) is 42.0 Å². The molecule has 1 atom stereocenters. The number of nitrogens with one attached hydrogen (secondary N) is 1. The van der Waals surface area contributed by atoms with E-state index in [0.29, 0.717) is 0 Å². The number of hydrogen-bond donors (Lipinski definition) is 1. The van der Waals surface area contributed by atoms with Gasteiger partial charge in [0.1, 0.15) is 0 Å². The van der Waals surface area contributed by atoms with Crippen LogP contribution in [0.2, 0.25) is 0 Å². The Morgan fingerprint density at radius 2 is 1.75 bits per heavy atom. The van der Waals surface area contributed by atoms with Crippen molar-refractivity contribution in [1.82, 2.24) is 5.32 Å². The molecule has 3 rings (SSSR count). The lowest BCUT2D eigenvalue weighted by Gasteiger charge is -2.20. The average Bonchev–Trinajstić information content (AvgIpc) is 3.38. The first kappa shape index (κ1) is 16.7. The number of sulfone groups is 1. The molecule has 2 aromatic rings. The van der Waals surface area contributed by atoms with E-state index in [2.05, 4.69) is 5.32 Å². The molecule has 2 aromatic carbocycles. The summed E-state index contributed by atoms with van der Waals surface area (Å²) in [4.78, 5) is 12.5. The number of carbonyl (C=O) groups excluding carboxylic acids is 1. The molecule has 0 heterocycles. The molecule has 24 heavy (non-hydrogen) atoms. The van der Waals surface area contributed by atoms with Crippen LogP contribution in [0.4, 0.5) is 0 Å². The summed E-state index contributed by atoms with van der Waals surface area (Å²) in [6.07, 6.45) is 3.04. The van der Waals surface area contributed by atoms with Crippen molar-refractivity contribution < 1.29 is 13.2 Å². The normalized spacial score (nSPS) is 15.8. The minimum absolute atomic E-state index is 0.0327. The number of benzene rings is 2. The fourth-order valence-corrected chi connectivity index (χ4v) is 3.32. The monoisotopic (exact) mass is 343 g/mol. The van der Waals surface area contributed by atoms with Crippen LogP contribution < -0.4 is 5.32 Å². The van der Waals surface area contributed by atoms with Crippen molar-refractivity contribution in [2.24, 2.45) is 5.92 Å². The number of carbonyl (C=O) groups is 1. The number of amides is 1. The van der Waals surface area contributed by atoms with Crippen LogP contribution in [0.1, 0.15) is 35.6 Å². The Morgan fingerprint density at radius 1 is 1.08 bits per heavy atom. The molecular weight excluding hydrogens is 322 g/mol. The van der Waals surface area contributed by atoms with Crippen molar-refractivity contribution in [3.8, 4) is 0 Å². The molecule has 1 saturated carbocycles. The highest BCUT2D eigenvalue weighted by atomic mass is 32.2. The van der Waals surface area contributed by atoms with Crippen LogP contribution in [0.25, 0.3) is 0 Å². The molecule has 0 spiro atoms. The maximum Gasteiger partial charge on any atom is 0.223 e. The molecule has 0 aliphatic heterocycles. The van der Waals surface area contributed by atoms with Gasteiger partial charge >= 0.3 is 0 Å². The summed E-state index contributed by atoms with van der Waals surface area (Å²) >= 11 is 0. The standard InChI is InChI=1S/C19H21NO3S/c1-13-6-8-14(9-7-13)18(20-19(21)15-10-11-15)16-4-3-5-17(12-16)24(2,22)23/h3-9,12,15,18H,10-11H2,1-2H3,(H,20,21)/t18-/m0/s1. The van der Waals surface area contributed by atoms with Gasteiger partial charge in [0.25, 0.3) is 0 Å². The second-order valence-corrected chi connectivity index (χ2v) is 8.49. The van der Waals surface area contributed by atoms with Crippen LogP contribution in [-0.2, 0) is 14.6 Å². The van der Waals surface area contributed by atoms with E-state index >= 15 is 0 Å². The Kier molecular flexibility index (Phi) is 4.45. The van der Waals surface area contributed by atoms with Gasteiger partial charge in [-0.25, -0.2) is 8.42 Å². The second kappa shape index (κ2) is 6.40. The van der Waals surface area contributed by atoms with Crippen molar-refractivity contribution in [3.63, 3.8) is 0 Å². The molecular formula is C19H21NO3S. The van der Waals surface area contributed by atoms with Gasteiger partial charge in [-0.3, -0.25) is 4.79 Å². The predicted octanol–water partition coefficient (Wildman–Crippen LogP) is 3.01. The molecule has 1 N–H and O–H groups in total. The fourth-order valence-electron chi connectivity index (χ4n) is 2.65. The van der Waals surface area contributed by atoms with Crippen LogP contribution >= 0.6 is 0 Å². The van der Waals surface area contributed by atoms with Gasteiger partial charge in [0, 0.05) is 12.2 Å². The summed E-state index contributed by atoms with van der Waals surface area (Å²) in [7, 11) is -3.29. The highest BCUT2D eigenvalue weighted by Crippen LogP contribution is 2.31. The van der Waals surface area contributed by atoms with Crippen molar-refractivity contribution in [2.75, 3.05) is 6.26 Å². The first-order valence-electron chi connectivity index (χ1n) is 8.01. The smallest absolute Gasteiger partial charge is 0.223 e. The van der Waals surface area contributed by atoms with Crippen molar-refractivity contribution >= 4 is 15.7 Å². The average molecular weight is 343 g/mol. The number of hydrogen-bond acceptors (Lipinski definition) is 3. The minimum Gasteiger partial charge on any atom is -0.345 e. The lowest BCUT2D eigenvalue weighted by molar-refractivity contribution is -0.122. The Balaban J connectivity index is 2.00. The SMILES string of the molecule is Cc1ccc([C@H](NC(=O)C2CC2)c2cccc(S(C)(=O)=O)c2)cc1. The van der Waals surface area contributed by atoms with Crippen LogP contribution in [-0.4, -0.2) is 20.6 Å². The summed E-state index contributed by atoms with van der Waals surface area (Å²) < 4.78 is 23.7. The lowest BCUT2D eigenvalue weighted by atomic mass is 9.97. The maximum atomic E-state index is 12.3. The summed E-state index contributed by atoms with van der Waals surface area (Å²) in [5, 5.41) is 3.08. The highest BCUT2D eigenvalue weighted by Gasteiger charge is 2.31. The van der Waals surface area contributed by atoms with E-state index in [4.69, 9.17) is 0 Å². The van der Waals surface area contributed by atoms with Gasteiger partial charge in [0.2, 0.25) is 5.91 Å². The van der Waals surface area contributed by atoms with Gasteiger partial charge in [-0.15, -0.1) is 0 Å². The summed E-state index contributed by atoms with van der Waals surface area (Å²) in [6, 6.07) is 14.4. The number of rotatable bonds is 5. The Bertz CT molecular complexity index is 852. The fraction of sp³-hybridized carbons (Fsp3) is 0.316. The van der Waals surface area contributed by atoms with Crippen LogP contribution in [0.15, 0.2) is 53.4 Å². The predicted molar refractivity (Wildman–Crippen MR) is 93.4 cm³/mol. The van der Waals surface area contributed by atoms with Crippen molar-refractivity contribution in [2.45, 2.75) is 30.7 Å². The third-order valence-corrected chi connectivity index (χ3v) is 5.38. The molecule has 5 heteroatoms. The molecule has 0 aromatic heterocycles. The highest BCUT2D eigenvalue weighted by molar-refractivity contribution is 7.90. The Hall–Kier alpha value is -2.14. The van der Waals surface area contributed by atoms with Crippen molar-refractivity contribution in [3.05, 3.63) is 65.2 Å². The van der Waals surface area contributed by atoms with E-state index in [-0.39, 0.29) is 22.8 Å². The van der Waals surface area contributed by atoms with E-state index in [0.717, 1.165) is 29.5 Å². The summed E-state index contributed by atoms with van der Waals surface area (Å²) in [5.74, 6) is 0.126. The molecule has 4 nitrogen and oxygen atoms in total. The van der Waals surface area contributed by atoms with E-state index in [1.807, 2.05) is 37.3 Å². The molecule has 0 saturated heterocycles. The summed E-state index contributed by atoms with van der Waals surface area (Å²) in [5.41, 5.74) is 2.85.